The van der Waals surface area contributed by atoms with Gasteiger partial charge < -0.3 is 10.1 Å². The lowest BCUT2D eigenvalue weighted by molar-refractivity contribution is -0.386. The number of rotatable bonds is 3. The molecule has 0 atom stereocenters. The molecule has 0 fully saturated rings. The van der Waals surface area contributed by atoms with Crippen molar-refractivity contribution in [3.05, 3.63) is 27.6 Å². The van der Waals surface area contributed by atoms with Gasteiger partial charge in [0.05, 0.1) is 10.6 Å². The van der Waals surface area contributed by atoms with Crippen LogP contribution in [0.4, 0.5) is 5.69 Å². The van der Waals surface area contributed by atoms with Gasteiger partial charge in [0.2, 0.25) is 0 Å². The molecular formula is C7H10N2O3. The molecule has 0 saturated carbocycles. The van der Waals surface area contributed by atoms with Gasteiger partial charge in [-0.2, -0.15) is 0 Å². The molecule has 0 aliphatic carbocycles. The van der Waals surface area contributed by atoms with Crippen molar-refractivity contribution >= 4 is 5.69 Å². The van der Waals surface area contributed by atoms with Crippen molar-refractivity contribution in [3.63, 3.8) is 0 Å². The Morgan fingerprint density at radius 3 is 2.92 bits per heavy atom. The van der Waals surface area contributed by atoms with Crippen LogP contribution in [0.5, 0.6) is 0 Å². The predicted molar refractivity (Wildman–Crippen MR) is 43.0 cm³/mol. The molecule has 12 heavy (non-hydrogen) atoms. The fourth-order valence-electron chi connectivity index (χ4n) is 1.13. The predicted octanol–water partition coefficient (Wildman–Crippen LogP) is 0.766. The molecule has 66 valence electrons. The minimum atomic E-state index is -0.434. The maximum absolute atomic E-state index is 10.5. The van der Waals surface area contributed by atoms with Gasteiger partial charge in [0.15, 0.2) is 0 Å². The number of aryl methyl sites for hydroxylation is 1. The van der Waals surface area contributed by atoms with Crippen molar-refractivity contribution in [2.75, 3.05) is 6.61 Å². The molecule has 0 bridgehead atoms. The van der Waals surface area contributed by atoms with E-state index in [9.17, 15) is 10.1 Å². The summed E-state index contributed by atoms with van der Waals surface area (Å²) in [4.78, 5) is 12.8. The Balaban J connectivity index is 3.04. The Morgan fingerprint density at radius 2 is 2.42 bits per heavy atom. The molecule has 2 N–H and O–H groups in total. The second-order valence-electron chi connectivity index (χ2n) is 2.53. The number of hydrogen-bond acceptors (Lipinski definition) is 3. The summed E-state index contributed by atoms with van der Waals surface area (Å²) in [6.07, 6.45) is 1.87. The summed E-state index contributed by atoms with van der Waals surface area (Å²) in [7, 11) is 0. The number of nitrogens with one attached hydrogen (secondary N) is 1. The molecule has 0 amide bonds. The van der Waals surface area contributed by atoms with Gasteiger partial charge >= 0.3 is 0 Å². The molecule has 0 aromatic carbocycles. The van der Waals surface area contributed by atoms with E-state index < -0.39 is 4.92 Å². The minimum absolute atomic E-state index is 0.0825. The first kappa shape index (κ1) is 8.73. The van der Waals surface area contributed by atoms with Crippen molar-refractivity contribution in [3.8, 4) is 0 Å². The smallest absolute Gasteiger partial charge is 0.292 e. The first-order valence-electron chi connectivity index (χ1n) is 3.59. The molecule has 0 radical (unpaired) electrons. The Hall–Kier alpha value is -1.36. The van der Waals surface area contributed by atoms with Crippen LogP contribution in [0.25, 0.3) is 0 Å². The molecule has 0 unspecified atom stereocenters. The normalized spacial score (nSPS) is 10.2. The Bertz CT molecular complexity index is 293. The Labute approximate surface area is 69.2 Å². The molecule has 0 aliphatic heterocycles. The van der Waals surface area contributed by atoms with Gasteiger partial charge in [0.25, 0.3) is 5.69 Å². The van der Waals surface area contributed by atoms with Crippen LogP contribution in [0.15, 0.2) is 6.20 Å². The zero-order valence-corrected chi connectivity index (χ0v) is 6.70. The van der Waals surface area contributed by atoms with E-state index in [0.29, 0.717) is 17.7 Å². The van der Waals surface area contributed by atoms with Crippen LogP contribution in [0.2, 0.25) is 0 Å². The van der Waals surface area contributed by atoms with Crippen molar-refractivity contribution in [2.45, 2.75) is 13.3 Å². The second kappa shape index (κ2) is 3.36. The minimum Gasteiger partial charge on any atom is -0.396 e. The second-order valence-corrected chi connectivity index (χ2v) is 2.53. The summed E-state index contributed by atoms with van der Waals surface area (Å²) in [5.74, 6) is 0. The fraction of sp³-hybridized carbons (Fsp3) is 0.429. The van der Waals surface area contributed by atoms with Gasteiger partial charge in [-0.25, -0.2) is 0 Å². The number of aliphatic hydroxyl groups is 1. The average molecular weight is 170 g/mol. The maximum atomic E-state index is 10.5. The number of nitrogens with zero attached hydrogens (tertiary/aromatic N) is 1. The van der Waals surface area contributed by atoms with Gasteiger partial charge in [-0.05, 0) is 6.92 Å². The van der Waals surface area contributed by atoms with Crippen LogP contribution in [-0.2, 0) is 6.42 Å². The maximum Gasteiger partial charge on any atom is 0.292 e. The van der Waals surface area contributed by atoms with E-state index in [4.69, 9.17) is 5.11 Å². The van der Waals surface area contributed by atoms with Crippen molar-refractivity contribution in [1.82, 2.24) is 4.98 Å². The molecule has 5 heteroatoms. The summed E-state index contributed by atoms with van der Waals surface area (Å²) >= 11 is 0. The van der Waals surface area contributed by atoms with Crippen LogP contribution >= 0.6 is 0 Å². The van der Waals surface area contributed by atoms with E-state index in [-0.39, 0.29) is 12.3 Å². The molecular weight excluding hydrogens is 160 g/mol. The molecule has 5 nitrogen and oxygen atoms in total. The quantitative estimate of drug-likeness (QED) is 0.519. The summed E-state index contributed by atoms with van der Waals surface area (Å²) in [6, 6.07) is 0. The van der Waals surface area contributed by atoms with E-state index in [1.807, 2.05) is 0 Å². The van der Waals surface area contributed by atoms with Crippen LogP contribution in [0.1, 0.15) is 11.3 Å². The van der Waals surface area contributed by atoms with Gasteiger partial charge in [-0.15, -0.1) is 0 Å². The third-order valence-electron chi connectivity index (χ3n) is 1.67. The lowest BCUT2D eigenvalue weighted by Gasteiger charge is -1.93. The van der Waals surface area contributed by atoms with E-state index in [2.05, 4.69) is 4.98 Å². The highest BCUT2D eigenvalue weighted by atomic mass is 16.6. The molecule has 0 spiro atoms. The number of nitro groups is 1. The van der Waals surface area contributed by atoms with E-state index in [1.165, 1.54) is 0 Å². The molecule has 0 aliphatic rings. The van der Waals surface area contributed by atoms with Crippen LogP contribution < -0.4 is 0 Å². The largest absolute Gasteiger partial charge is 0.396 e. The standard InChI is InChI=1S/C7H10N2O3/c1-5-4-8-6(2-3-10)7(5)9(11)12/h4,8,10H,2-3H2,1H3. The highest BCUT2D eigenvalue weighted by molar-refractivity contribution is 5.43. The van der Waals surface area contributed by atoms with Crippen molar-refractivity contribution in [2.24, 2.45) is 0 Å². The topological polar surface area (TPSA) is 79.2 Å². The van der Waals surface area contributed by atoms with Gasteiger partial charge in [-0.1, -0.05) is 0 Å². The Morgan fingerprint density at radius 1 is 1.75 bits per heavy atom. The fourth-order valence-corrected chi connectivity index (χ4v) is 1.13. The zero-order valence-electron chi connectivity index (χ0n) is 6.70. The van der Waals surface area contributed by atoms with E-state index in [0.717, 1.165) is 0 Å². The van der Waals surface area contributed by atoms with Gasteiger partial charge in [0.1, 0.15) is 0 Å². The number of aromatic amines is 1. The van der Waals surface area contributed by atoms with E-state index >= 15 is 0 Å². The van der Waals surface area contributed by atoms with Crippen molar-refractivity contribution in [1.29, 1.82) is 0 Å². The zero-order chi connectivity index (χ0) is 9.14. The van der Waals surface area contributed by atoms with Crippen molar-refractivity contribution < 1.29 is 10.0 Å². The highest BCUT2D eigenvalue weighted by Gasteiger charge is 2.17. The molecule has 1 aromatic heterocycles. The third-order valence-corrected chi connectivity index (χ3v) is 1.67. The van der Waals surface area contributed by atoms with E-state index in [1.54, 1.807) is 13.1 Å². The number of hydrogen-bond donors (Lipinski definition) is 2. The lowest BCUT2D eigenvalue weighted by Crippen LogP contribution is -1.97. The molecule has 0 saturated heterocycles. The van der Waals surface area contributed by atoms with Gasteiger partial charge in [-0.3, -0.25) is 10.1 Å². The lowest BCUT2D eigenvalue weighted by atomic mass is 10.2. The first-order chi connectivity index (χ1) is 5.66. The van der Waals surface area contributed by atoms with Crippen LogP contribution in [0, 0.1) is 17.0 Å². The molecule has 1 aromatic rings. The number of aliphatic hydroxyl groups excluding tert-OH is 1. The number of H-pyrrole nitrogens is 1. The van der Waals surface area contributed by atoms with Crippen LogP contribution in [0.3, 0.4) is 0 Å². The highest BCUT2D eigenvalue weighted by Crippen LogP contribution is 2.22. The SMILES string of the molecule is Cc1c[nH]c(CCO)c1[N+](=O)[O-]. The summed E-state index contributed by atoms with van der Waals surface area (Å²) in [5.41, 5.74) is 1.17. The number of aromatic nitrogens is 1. The Kier molecular flexibility index (Phi) is 2.44. The summed E-state index contributed by atoms with van der Waals surface area (Å²) < 4.78 is 0. The van der Waals surface area contributed by atoms with Crippen LogP contribution in [-0.4, -0.2) is 21.6 Å². The summed E-state index contributed by atoms with van der Waals surface area (Å²) in [6.45, 7) is 1.58. The summed E-state index contributed by atoms with van der Waals surface area (Å²) in [5, 5.41) is 19.1. The third kappa shape index (κ3) is 1.45. The monoisotopic (exact) mass is 170 g/mol. The van der Waals surface area contributed by atoms with Gasteiger partial charge in [0, 0.05) is 24.8 Å². The first-order valence-corrected chi connectivity index (χ1v) is 3.59. The molecule has 1 heterocycles. The average Bonchev–Trinajstić information content (AvgIpc) is 2.32. The molecule has 1 rings (SSSR count).